The maximum absolute atomic E-state index is 14.4. The Bertz CT molecular complexity index is 1500. The zero-order valence-electron chi connectivity index (χ0n) is 27.7. The number of phenols is 1. The lowest BCUT2D eigenvalue weighted by Gasteiger charge is -2.52. The van der Waals surface area contributed by atoms with Gasteiger partial charge in [-0.05, 0) is 58.6 Å². The second-order valence-corrected chi connectivity index (χ2v) is 13.6. The van der Waals surface area contributed by atoms with Crippen LogP contribution in [0.15, 0.2) is 6.07 Å². The molecule has 1 saturated heterocycles. The average molecular weight is 657 g/mol. The number of morpholine rings is 1. The lowest BCUT2D eigenvalue weighted by molar-refractivity contribution is -0.181. The van der Waals surface area contributed by atoms with E-state index in [1.54, 1.807) is 58.2 Å². The molecule has 1 heterocycles. The summed E-state index contributed by atoms with van der Waals surface area (Å²) in [6, 6.07) is 0.404. The molecule has 2 saturated carbocycles. The molecule has 4 unspecified atom stereocenters. The van der Waals surface area contributed by atoms with Crippen LogP contribution in [0, 0.1) is 23.7 Å². The topological polar surface area (TPSA) is 189 Å². The zero-order valence-corrected chi connectivity index (χ0v) is 27.7. The standard InChI is InChI=1S/C32H44N6O9/c1-35(2)14-21(39)34-19-13-20(36(3)4)17-11-16-12-18-25(37(5)6)28(42)24(31(45)33-15-38-7-9-47-10-8-38)30(44)32(18,46)29(43)22(16)27(41)23(17)26(19)40/h13,16,18,22,24-25,40,46H,7-12,14-15H2,1-6H3,(H,33,45)(H,34,39)/t16?,18?,22?,24?,25-,32-/m0/s1. The van der Waals surface area contributed by atoms with E-state index in [0.29, 0.717) is 37.6 Å². The van der Waals surface area contributed by atoms with E-state index in [2.05, 4.69) is 10.6 Å². The van der Waals surface area contributed by atoms with Crippen LogP contribution in [0.2, 0.25) is 0 Å². The van der Waals surface area contributed by atoms with E-state index in [-0.39, 0.29) is 37.3 Å². The van der Waals surface area contributed by atoms with Crippen molar-refractivity contribution in [2.75, 3.05) is 92.0 Å². The van der Waals surface area contributed by atoms with Crippen molar-refractivity contribution in [2.45, 2.75) is 24.5 Å². The first-order valence-corrected chi connectivity index (χ1v) is 15.7. The molecule has 15 heteroatoms. The number of likely N-dealkylation sites (N-methyl/N-ethyl adjacent to an activating group) is 2. The lowest BCUT2D eigenvalue weighted by Crippen LogP contribution is -2.74. The molecule has 0 spiro atoms. The molecular formula is C32H44N6O9. The Kier molecular flexibility index (Phi) is 9.59. The van der Waals surface area contributed by atoms with Crippen LogP contribution in [0.1, 0.15) is 22.3 Å². The number of hydrogen-bond acceptors (Lipinski definition) is 13. The number of aromatic hydroxyl groups is 1. The number of phenolic OH excluding ortho intramolecular Hbond substituents is 1. The number of carbonyl (C=O) groups is 6. The molecular weight excluding hydrogens is 612 g/mol. The molecule has 47 heavy (non-hydrogen) atoms. The number of hydrogen-bond donors (Lipinski definition) is 4. The van der Waals surface area contributed by atoms with Crippen LogP contribution in [-0.2, 0) is 35.1 Å². The number of ether oxygens (including phenoxy) is 1. The Morgan fingerprint density at radius 2 is 1.70 bits per heavy atom. The van der Waals surface area contributed by atoms with E-state index < -0.39 is 76.0 Å². The highest BCUT2D eigenvalue weighted by atomic mass is 16.5. The minimum absolute atomic E-state index is 0.00837. The monoisotopic (exact) mass is 656 g/mol. The summed E-state index contributed by atoms with van der Waals surface area (Å²) in [6.07, 6.45) is 0.0958. The van der Waals surface area contributed by atoms with Crippen molar-refractivity contribution < 1.29 is 43.7 Å². The molecule has 4 aliphatic rings. The largest absolute Gasteiger partial charge is 0.505 e. The average Bonchev–Trinajstić information content (AvgIpc) is 2.99. The fraction of sp³-hybridized carbons (Fsp3) is 0.625. The van der Waals surface area contributed by atoms with E-state index in [9.17, 15) is 39.0 Å². The predicted molar refractivity (Wildman–Crippen MR) is 169 cm³/mol. The maximum Gasteiger partial charge on any atom is 0.239 e. The van der Waals surface area contributed by atoms with Gasteiger partial charge in [0.15, 0.2) is 34.7 Å². The zero-order chi connectivity index (χ0) is 34.5. The van der Waals surface area contributed by atoms with E-state index >= 15 is 0 Å². The van der Waals surface area contributed by atoms with Crippen LogP contribution in [0.5, 0.6) is 5.75 Å². The maximum atomic E-state index is 14.4. The Morgan fingerprint density at radius 3 is 2.30 bits per heavy atom. The highest BCUT2D eigenvalue weighted by Gasteiger charge is 2.69. The van der Waals surface area contributed by atoms with Crippen LogP contribution in [0.25, 0.3) is 0 Å². The number of nitrogens with zero attached hydrogens (tertiary/aromatic N) is 4. The molecule has 1 aromatic rings. The second-order valence-electron chi connectivity index (χ2n) is 13.6. The summed E-state index contributed by atoms with van der Waals surface area (Å²) in [5.74, 6) is -11.1. The molecule has 5 rings (SSSR count). The van der Waals surface area contributed by atoms with E-state index in [0.717, 1.165) is 0 Å². The van der Waals surface area contributed by atoms with Gasteiger partial charge in [0.1, 0.15) is 5.75 Å². The van der Waals surface area contributed by atoms with Crippen LogP contribution >= 0.6 is 0 Å². The number of benzene rings is 1. The van der Waals surface area contributed by atoms with Crippen molar-refractivity contribution in [3.63, 3.8) is 0 Å². The quantitative estimate of drug-likeness (QED) is 0.184. The Labute approximate surface area is 273 Å². The van der Waals surface area contributed by atoms with Crippen molar-refractivity contribution in [1.82, 2.24) is 20.0 Å². The van der Waals surface area contributed by atoms with Crippen molar-refractivity contribution in [3.8, 4) is 5.75 Å². The van der Waals surface area contributed by atoms with Gasteiger partial charge in [-0.25, -0.2) is 0 Å². The van der Waals surface area contributed by atoms with Gasteiger partial charge in [-0.15, -0.1) is 0 Å². The van der Waals surface area contributed by atoms with Crippen LogP contribution in [0.3, 0.4) is 0 Å². The number of fused-ring (bicyclic) bond motifs is 3. The van der Waals surface area contributed by atoms with Crippen molar-refractivity contribution in [1.29, 1.82) is 0 Å². The minimum Gasteiger partial charge on any atom is -0.505 e. The summed E-state index contributed by atoms with van der Waals surface area (Å²) in [5, 5.41) is 28.7. The number of anilines is 2. The highest BCUT2D eigenvalue weighted by molar-refractivity contribution is 6.32. The number of amides is 2. The Hall–Kier alpha value is -3.76. The van der Waals surface area contributed by atoms with Crippen LogP contribution in [-0.4, -0.2) is 153 Å². The van der Waals surface area contributed by atoms with Gasteiger partial charge in [0.25, 0.3) is 0 Å². The molecule has 4 N–H and O–H groups in total. The van der Waals surface area contributed by atoms with E-state index in [1.807, 2.05) is 4.90 Å². The van der Waals surface area contributed by atoms with Gasteiger partial charge in [0.05, 0.1) is 49.6 Å². The van der Waals surface area contributed by atoms with Gasteiger partial charge in [0, 0.05) is 38.8 Å². The fourth-order valence-corrected chi connectivity index (χ4v) is 7.65. The lowest BCUT2D eigenvalue weighted by atomic mass is 9.52. The number of nitrogens with one attached hydrogen (secondary N) is 2. The molecule has 0 radical (unpaired) electrons. The van der Waals surface area contributed by atoms with Gasteiger partial charge in [-0.2, -0.15) is 0 Å². The summed E-state index contributed by atoms with van der Waals surface area (Å²) >= 11 is 0. The molecule has 6 atom stereocenters. The first-order chi connectivity index (χ1) is 22.1. The number of aliphatic hydroxyl groups is 1. The predicted octanol–water partition coefficient (Wildman–Crippen LogP) is -1.65. The molecule has 1 aromatic carbocycles. The third-order valence-corrected chi connectivity index (χ3v) is 9.81. The molecule has 3 aliphatic carbocycles. The molecule has 15 nitrogen and oxygen atoms in total. The Balaban J connectivity index is 1.52. The van der Waals surface area contributed by atoms with Crippen LogP contribution in [0.4, 0.5) is 11.4 Å². The molecule has 2 amide bonds. The van der Waals surface area contributed by atoms with Gasteiger partial charge in [0.2, 0.25) is 11.8 Å². The third-order valence-electron chi connectivity index (χ3n) is 9.81. The highest BCUT2D eigenvalue weighted by Crippen LogP contribution is 2.52. The van der Waals surface area contributed by atoms with Gasteiger partial charge in [-0.1, -0.05) is 0 Å². The van der Waals surface area contributed by atoms with E-state index in [4.69, 9.17) is 4.74 Å². The molecule has 1 aliphatic heterocycles. The number of Topliss-reactive ketones (excluding diaryl/α,β-unsaturated/α-hetero) is 4. The molecule has 3 fully saturated rings. The fourth-order valence-electron chi connectivity index (χ4n) is 7.65. The minimum atomic E-state index is -2.80. The number of rotatable bonds is 8. The summed E-state index contributed by atoms with van der Waals surface area (Å²) in [6.45, 7) is 2.05. The summed E-state index contributed by atoms with van der Waals surface area (Å²) in [5.41, 5.74) is -1.99. The van der Waals surface area contributed by atoms with Crippen molar-refractivity contribution in [2.24, 2.45) is 23.7 Å². The normalized spacial score (nSPS) is 29.3. The van der Waals surface area contributed by atoms with Crippen LogP contribution < -0.4 is 15.5 Å². The van der Waals surface area contributed by atoms with Crippen molar-refractivity contribution >= 4 is 46.3 Å². The summed E-state index contributed by atoms with van der Waals surface area (Å²) in [4.78, 5) is 89.3. The first-order valence-electron chi connectivity index (χ1n) is 15.7. The number of carbonyl (C=O) groups excluding carboxylic acids is 6. The smallest absolute Gasteiger partial charge is 0.239 e. The summed E-state index contributed by atoms with van der Waals surface area (Å²) in [7, 11) is 10.0. The third kappa shape index (κ3) is 5.95. The summed E-state index contributed by atoms with van der Waals surface area (Å²) < 4.78 is 5.31. The molecule has 0 aromatic heterocycles. The number of ketones is 4. The van der Waals surface area contributed by atoms with Crippen molar-refractivity contribution in [3.05, 3.63) is 17.2 Å². The first kappa shape index (κ1) is 34.6. The SMILES string of the molecule is CN(C)CC(=O)Nc1cc(N(C)C)c2c(c1O)C(=O)C1C(=O)[C@]3(O)C(=O)C(C(=O)NCN4CCOCC4)C(=O)[C@@H](N(C)C)C3CC1C2. The van der Waals surface area contributed by atoms with Gasteiger partial charge >= 0.3 is 0 Å². The van der Waals surface area contributed by atoms with Gasteiger partial charge < -0.3 is 35.4 Å². The molecule has 0 bridgehead atoms. The molecule has 256 valence electrons. The van der Waals surface area contributed by atoms with Gasteiger partial charge in [-0.3, -0.25) is 38.6 Å². The van der Waals surface area contributed by atoms with E-state index in [1.165, 1.54) is 4.90 Å². The Morgan fingerprint density at radius 1 is 1.04 bits per heavy atom. The second kappa shape index (κ2) is 13.0.